The highest BCUT2D eigenvalue weighted by Crippen LogP contribution is 2.32. The van der Waals surface area contributed by atoms with Gasteiger partial charge in [-0.2, -0.15) is 0 Å². The summed E-state index contributed by atoms with van der Waals surface area (Å²) >= 11 is 7.39. The zero-order valence-corrected chi connectivity index (χ0v) is 9.19. The predicted octanol–water partition coefficient (Wildman–Crippen LogP) is 3.35. The normalized spacial score (nSPS) is 10.4. The van der Waals surface area contributed by atoms with Gasteiger partial charge in [0.1, 0.15) is 0 Å². The SMILES string of the molecule is Cc1nc(N)sc1-c1cccc(Cl)c1. The van der Waals surface area contributed by atoms with Crippen LogP contribution in [0.25, 0.3) is 10.4 Å². The van der Waals surface area contributed by atoms with Crippen LogP contribution in [0.4, 0.5) is 5.13 Å². The highest BCUT2D eigenvalue weighted by Gasteiger charge is 2.07. The lowest BCUT2D eigenvalue weighted by Crippen LogP contribution is -1.81. The molecule has 4 heteroatoms. The van der Waals surface area contributed by atoms with Crippen LogP contribution in [0, 0.1) is 6.92 Å². The van der Waals surface area contributed by atoms with Crippen LogP contribution in [0.2, 0.25) is 5.02 Å². The van der Waals surface area contributed by atoms with Gasteiger partial charge < -0.3 is 5.73 Å². The van der Waals surface area contributed by atoms with Gasteiger partial charge in [-0.15, -0.1) is 0 Å². The average Bonchev–Trinajstić information content (AvgIpc) is 2.45. The zero-order valence-electron chi connectivity index (χ0n) is 7.62. The lowest BCUT2D eigenvalue weighted by molar-refractivity contribution is 1.27. The van der Waals surface area contributed by atoms with E-state index in [0.29, 0.717) is 5.13 Å². The van der Waals surface area contributed by atoms with Gasteiger partial charge in [-0.3, -0.25) is 0 Å². The van der Waals surface area contributed by atoms with Crippen molar-refractivity contribution in [2.45, 2.75) is 6.92 Å². The Balaban J connectivity index is 2.54. The standard InChI is InChI=1S/C10H9ClN2S/c1-6-9(14-10(12)13-6)7-3-2-4-8(11)5-7/h2-5H,1H3,(H2,12,13). The molecular weight excluding hydrogens is 216 g/mol. The minimum atomic E-state index is 0.595. The summed E-state index contributed by atoms with van der Waals surface area (Å²) in [4.78, 5) is 5.26. The van der Waals surface area contributed by atoms with Gasteiger partial charge in [0.05, 0.1) is 10.6 Å². The molecule has 2 rings (SSSR count). The van der Waals surface area contributed by atoms with E-state index < -0.39 is 0 Å². The minimum Gasteiger partial charge on any atom is -0.375 e. The number of hydrogen-bond acceptors (Lipinski definition) is 3. The molecule has 0 aliphatic heterocycles. The molecule has 0 spiro atoms. The summed E-state index contributed by atoms with van der Waals surface area (Å²) in [6.07, 6.45) is 0. The zero-order chi connectivity index (χ0) is 10.1. The molecule has 1 heterocycles. The van der Waals surface area contributed by atoms with Crippen LogP contribution in [-0.2, 0) is 0 Å². The summed E-state index contributed by atoms with van der Waals surface area (Å²) in [5.74, 6) is 0. The quantitative estimate of drug-likeness (QED) is 0.807. The molecule has 2 N–H and O–H groups in total. The van der Waals surface area contributed by atoms with Gasteiger partial charge in [0.2, 0.25) is 0 Å². The first-order chi connectivity index (χ1) is 6.66. The lowest BCUT2D eigenvalue weighted by Gasteiger charge is -1.98. The molecule has 0 amide bonds. The van der Waals surface area contributed by atoms with E-state index in [1.54, 1.807) is 0 Å². The number of nitrogens with two attached hydrogens (primary N) is 1. The summed E-state index contributed by atoms with van der Waals surface area (Å²) in [7, 11) is 0. The van der Waals surface area contributed by atoms with Crippen LogP contribution >= 0.6 is 22.9 Å². The number of halogens is 1. The van der Waals surface area contributed by atoms with Crippen molar-refractivity contribution in [1.29, 1.82) is 0 Å². The Labute approximate surface area is 91.4 Å². The third-order valence-corrected chi connectivity index (χ3v) is 3.17. The van der Waals surface area contributed by atoms with Crippen molar-refractivity contribution >= 4 is 28.1 Å². The molecular formula is C10H9ClN2S. The number of hydrogen-bond donors (Lipinski definition) is 1. The highest BCUT2D eigenvalue weighted by atomic mass is 35.5. The maximum Gasteiger partial charge on any atom is 0.180 e. The Morgan fingerprint density at radius 2 is 2.21 bits per heavy atom. The lowest BCUT2D eigenvalue weighted by atomic mass is 10.2. The second-order valence-corrected chi connectivity index (χ2v) is 4.44. The fourth-order valence-corrected chi connectivity index (χ4v) is 2.34. The molecule has 0 aliphatic carbocycles. The van der Waals surface area contributed by atoms with Crippen molar-refractivity contribution in [3.8, 4) is 10.4 Å². The molecule has 0 aliphatic rings. The first-order valence-corrected chi connectivity index (χ1v) is 5.35. The predicted molar refractivity (Wildman–Crippen MR) is 61.7 cm³/mol. The summed E-state index contributed by atoms with van der Waals surface area (Å²) in [6.45, 7) is 1.95. The Morgan fingerprint density at radius 1 is 1.43 bits per heavy atom. The summed E-state index contributed by atoms with van der Waals surface area (Å²) in [5, 5.41) is 1.33. The third-order valence-electron chi connectivity index (χ3n) is 1.90. The Bertz CT molecular complexity index is 465. The third kappa shape index (κ3) is 1.74. The number of nitrogen functional groups attached to an aromatic ring is 1. The van der Waals surface area contributed by atoms with E-state index in [4.69, 9.17) is 17.3 Å². The summed E-state index contributed by atoms with van der Waals surface area (Å²) < 4.78 is 0. The van der Waals surface area contributed by atoms with Crippen molar-refractivity contribution in [3.05, 3.63) is 35.0 Å². The molecule has 0 saturated heterocycles. The van der Waals surface area contributed by atoms with Gasteiger partial charge in [-0.25, -0.2) is 4.98 Å². The minimum absolute atomic E-state index is 0.595. The van der Waals surface area contributed by atoms with E-state index in [9.17, 15) is 0 Å². The number of anilines is 1. The van der Waals surface area contributed by atoms with Gasteiger partial charge in [0.15, 0.2) is 5.13 Å². The van der Waals surface area contributed by atoms with Gasteiger partial charge >= 0.3 is 0 Å². The number of nitrogens with zero attached hydrogens (tertiary/aromatic N) is 1. The average molecular weight is 225 g/mol. The molecule has 0 unspecified atom stereocenters. The molecule has 2 nitrogen and oxygen atoms in total. The molecule has 0 bridgehead atoms. The number of benzene rings is 1. The van der Waals surface area contributed by atoms with E-state index in [1.165, 1.54) is 11.3 Å². The molecule has 72 valence electrons. The van der Waals surface area contributed by atoms with E-state index in [0.717, 1.165) is 21.2 Å². The van der Waals surface area contributed by atoms with Gasteiger partial charge in [-0.1, -0.05) is 35.1 Å². The van der Waals surface area contributed by atoms with Crippen molar-refractivity contribution in [3.63, 3.8) is 0 Å². The van der Waals surface area contributed by atoms with Gasteiger partial charge in [-0.05, 0) is 24.6 Å². The van der Waals surface area contributed by atoms with E-state index in [2.05, 4.69) is 4.98 Å². The summed E-state index contributed by atoms with van der Waals surface area (Å²) in [6, 6.07) is 7.70. The van der Waals surface area contributed by atoms with Crippen LogP contribution in [0.15, 0.2) is 24.3 Å². The smallest absolute Gasteiger partial charge is 0.180 e. The Hall–Kier alpha value is -1.06. The van der Waals surface area contributed by atoms with Crippen LogP contribution in [0.5, 0.6) is 0 Å². The van der Waals surface area contributed by atoms with E-state index >= 15 is 0 Å². The second kappa shape index (κ2) is 3.59. The van der Waals surface area contributed by atoms with Crippen LogP contribution < -0.4 is 5.73 Å². The second-order valence-electron chi connectivity index (χ2n) is 2.98. The van der Waals surface area contributed by atoms with Gasteiger partial charge in [0, 0.05) is 5.02 Å². The van der Waals surface area contributed by atoms with Crippen LogP contribution in [0.3, 0.4) is 0 Å². The first kappa shape index (κ1) is 9.49. The van der Waals surface area contributed by atoms with Crippen LogP contribution in [0.1, 0.15) is 5.69 Å². The van der Waals surface area contributed by atoms with E-state index in [1.807, 2.05) is 31.2 Å². The van der Waals surface area contributed by atoms with Crippen molar-refractivity contribution < 1.29 is 0 Å². The number of rotatable bonds is 1. The van der Waals surface area contributed by atoms with E-state index in [-0.39, 0.29) is 0 Å². The first-order valence-electron chi connectivity index (χ1n) is 4.15. The van der Waals surface area contributed by atoms with Crippen molar-refractivity contribution in [1.82, 2.24) is 4.98 Å². The molecule has 14 heavy (non-hydrogen) atoms. The highest BCUT2D eigenvalue weighted by molar-refractivity contribution is 7.18. The molecule has 0 radical (unpaired) electrons. The maximum absolute atomic E-state index is 5.91. The monoisotopic (exact) mass is 224 g/mol. The fourth-order valence-electron chi connectivity index (χ4n) is 1.31. The van der Waals surface area contributed by atoms with Gasteiger partial charge in [0.25, 0.3) is 0 Å². The number of aryl methyl sites for hydroxylation is 1. The topological polar surface area (TPSA) is 38.9 Å². The molecule has 0 atom stereocenters. The van der Waals surface area contributed by atoms with Crippen molar-refractivity contribution in [2.24, 2.45) is 0 Å². The van der Waals surface area contributed by atoms with Crippen LogP contribution in [-0.4, -0.2) is 4.98 Å². The molecule has 1 aromatic heterocycles. The Morgan fingerprint density at radius 3 is 2.79 bits per heavy atom. The largest absolute Gasteiger partial charge is 0.375 e. The maximum atomic E-state index is 5.91. The fraction of sp³-hybridized carbons (Fsp3) is 0.100. The Kier molecular flexibility index (Phi) is 2.44. The van der Waals surface area contributed by atoms with Crippen molar-refractivity contribution in [2.75, 3.05) is 5.73 Å². The summed E-state index contributed by atoms with van der Waals surface area (Å²) in [5.41, 5.74) is 7.66. The number of thiazole rings is 1. The number of aromatic nitrogens is 1. The molecule has 2 aromatic rings. The molecule has 0 fully saturated rings. The molecule has 0 saturated carbocycles. The molecule has 1 aromatic carbocycles.